The van der Waals surface area contributed by atoms with E-state index in [-0.39, 0.29) is 24.6 Å². The van der Waals surface area contributed by atoms with Gasteiger partial charge in [-0.2, -0.15) is 0 Å². The molecule has 0 unspecified atom stereocenters. The summed E-state index contributed by atoms with van der Waals surface area (Å²) in [6.45, 7) is 0. The van der Waals surface area contributed by atoms with Crippen LogP contribution in [0.2, 0.25) is 0 Å². The molecule has 13 heteroatoms. The fourth-order valence-electron chi connectivity index (χ4n) is 0. The van der Waals surface area contributed by atoms with Crippen LogP contribution in [-0.4, -0.2) is 25.0 Å². The number of phosphoric acid groups is 1. The second kappa shape index (κ2) is 17.3. The lowest BCUT2D eigenvalue weighted by Gasteiger charge is -1.82. The molecule has 0 spiro atoms. The first-order valence-electron chi connectivity index (χ1n) is 1.35. The highest BCUT2D eigenvalue weighted by molar-refractivity contribution is 7.45. The molecule has 0 aromatic heterocycles. The molecular formula is H16N5O7P. The van der Waals surface area contributed by atoms with E-state index in [9.17, 15) is 0 Å². The average Bonchev–Trinajstić information content (AvgIpc) is 1.19. The Hall–Kier alpha value is -0.850. The molecule has 0 fully saturated rings. The summed E-state index contributed by atoms with van der Waals surface area (Å²) in [5.74, 6) is 0. The SMILES string of the molecule is N.N.N.N.O=P(O)(O)O.O=[N+]([O-])O. The van der Waals surface area contributed by atoms with E-state index in [1.54, 1.807) is 0 Å². The zero-order chi connectivity index (χ0) is 8.08. The van der Waals surface area contributed by atoms with Crippen molar-refractivity contribution in [2.75, 3.05) is 0 Å². The highest BCUT2D eigenvalue weighted by Gasteiger charge is 2.00. The van der Waals surface area contributed by atoms with Crippen LogP contribution in [0.15, 0.2) is 0 Å². The Balaban J connectivity index is -0.0000000146. The predicted molar refractivity (Wildman–Crippen MR) is 43.1 cm³/mol. The van der Waals surface area contributed by atoms with Gasteiger partial charge in [0.05, 0.1) is 0 Å². The first-order chi connectivity index (χ1) is 3.73. The molecule has 88 valence electrons. The number of hydrogen-bond donors (Lipinski definition) is 8. The lowest BCUT2D eigenvalue weighted by atomic mass is 13.1. The molecule has 0 aliphatic carbocycles. The maximum atomic E-state index is 8.88. The van der Waals surface area contributed by atoms with E-state index >= 15 is 0 Å². The van der Waals surface area contributed by atoms with Crippen LogP contribution >= 0.6 is 7.82 Å². The quantitative estimate of drug-likeness (QED) is 0.147. The van der Waals surface area contributed by atoms with Crippen LogP contribution in [0.25, 0.3) is 0 Å². The Morgan fingerprint density at radius 3 is 1.00 bits per heavy atom. The first-order valence-corrected chi connectivity index (χ1v) is 2.91. The second-order valence-corrected chi connectivity index (χ2v) is 1.78. The summed E-state index contributed by atoms with van der Waals surface area (Å²) in [6, 6.07) is 0. The molecule has 0 amide bonds. The molecular weight excluding hydrogens is 213 g/mol. The Morgan fingerprint density at radius 2 is 1.00 bits per heavy atom. The van der Waals surface area contributed by atoms with Gasteiger partial charge in [-0.1, -0.05) is 0 Å². The minimum atomic E-state index is -4.64. The Labute approximate surface area is 73.3 Å². The lowest BCUT2D eigenvalue weighted by Crippen LogP contribution is -1.81. The van der Waals surface area contributed by atoms with Gasteiger partial charge in [0.2, 0.25) is 0 Å². The van der Waals surface area contributed by atoms with Crippen molar-refractivity contribution in [2.45, 2.75) is 0 Å². The van der Waals surface area contributed by atoms with Crippen LogP contribution in [0, 0.1) is 10.1 Å². The third-order valence-corrected chi connectivity index (χ3v) is 0. The topological polar surface area (TPSA) is 281 Å². The monoisotopic (exact) mass is 229 g/mol. The maximum absolute atomic E-state index is 8.88. The third-order valence-electron chi connectivity index (χ3n) is 0. The van der Waals surface area contributed by atoms with Crippen LogP contribution in [-0.2, 0) is 4.57 Å². The van der Waals surface area contributed by atoms with Crippen molar-refractivity contribution in [1.29, 1.82) is 0 Å². The summed E-state index contributed by atoms with van der Waals surface area (Å²) < 4.78 is 8.88. The Bertz CT molecular complexity index is 117. The summed E-state index contributed by atoms with van der Waals surface area (Å²) in [7, 11) is -4.64. The maximum Gasteiger partial charge on any atom is 0.466 e. The molecule has 16 N–H and O–H groups in total. The second-order valence-electron chi connectivity index (χ2n) is 0.751. The molecule has 0 saturated carbocycles. The van der Waals surface area contributed by atoms with Gasteiger partial charge in [-0.3, -0.25) is 0 Å². The standard InChI is InChI=1S/HNO3.4H3N.H3O4P/c2-1(3)4;;;;;1-5(2,3)4/h(H,2,3,4);4*1H3;(H3,1,2,3,4). The predicted octanol–water partition coefficient (Wildman–Crippen LogP) is -0.628. The zero-order valence-corrected chi connectivity index (χ0v) is 7.63. The van der Waals surface area contributed by atoms with Crippen molar-refractivity contribution in [2.24, 2.45) is 0 Å². The van der Waals surface area contributed by atoms with Gasteiger partial charge in [-0.15, -0.1) is 10.1 Å². The van der Waals surface area contributed by atoms with E-state index in [2.05, 4.69) is 0 Å². The van der Waals surface area contributed by atoms with Gasteiger partial charge < -0.3 is 44.5 Å². The van der Waals surface area contributed by atoms with Gasteiger partial charge in [-0.25, -0.2) is 4.57 Å². The third kappa shape index (κ3) is 1290. The minimum absolute atomic E-state index is 0. The summed E-state index contributed by atoms with van der Waals surface area (Å²) >= 11 is 0. The summed E-state index contributed by atoms with van der Waals surface area (Å²) in [6.07, 6.45) is 0. The molecule has 0 heterocycles. The van der Waals surface area contributed by atoms with Crippen LogP contribution < -0.4 is 24.6 Å². The first kappa shape index (κ1) is 39.9. The van der Waals surface area contributed by atoms with Crippen LogP contribution in [0.4, 0.5) is 0 Å². The highest BCUT2D eigenvalue weighted by atomic mass is 31.2. The fourth-order valence-corrected chi connectivity index (χ4v) is 0. The smallest absolute Gasteiger partial charge is 0.344 e. The van der Waals surface area contributed by atoms with Gasteiger partial charge >= 0.3 is 7.82 Å². The average molecular weight is 229 g/mol. The molecule has 0 aromatic rings. The number of hydrogen-bond acceptors (Lipinski definition) is 7. The molecule has 0 bridgehead atoms. The molecule has 12 nitrogen and oxygen atoms in total. The van der Waals surface area contributed by atoms with Crippen molar-refractivity contribution >= 4 is 7.82 Å². The lowest BCUT2D eigenvalue weighted by molar-refractivity contribution is -0.742. The van der Waals surface area contributed by atoms with Crippen LogP contribution in [0.3, 0.4) is 0 Å². The van der Waals surface area contributed by atoms with E-state index in [1.807, 2.05) is 0 Å². The van der Waals surface area contributed by atoms with Gasteiger partial charge in [0.1, 0.15) is 0 Å². The summed E-state index contributed by atoms with van der Waals surface area (Å²) in [5.41, 5.74) is 0. The van der Waals surface area contributed by atoms with Crippen molar-refractivity contribution in [1.82, 2.24) is 24.6 Å². The molecule has 13 heavy (non-hydrogen) atoms. The fraction of sp³-hybridized carbons (Fsp3) is 0. The van der Waals surface area contributed by atoms with E-state index in [1.165, 1.54) is 0 Å². The molecule has 0 aliphatic rings. The molecule has 0 atom stereocenters. The van der Waals surface area contributed by atoms with E-state index < -0.39 is 12.9 Å². The molecule has 0 rings (SSSR count). The largest absolute Gasteiger partial charge is 0.466 e. The van der Waals surface area contributed by atoms with Gasteiger partial charge in [0.25, 0.3) is 5.09 Å². The van der Waals surface area contributed by atoms with Crippen molar-refractivity contribution in [3.63, 3.8) is 0 Å². The number of rotatable bonds is 0. The molecule has 0 saturated heterocycles. The highest BCUT2D eigenvalue weighted by Crippen LogP contribution is 2.25. The normalized spacial score (nSPS) is 6.38. The van der Waals surface area contributed by atoms with Crippen molar-refractivity contribution in [3.8, 4) is 0 Å². The summed E-state index contributed by atoms with van der Waals surface area (Å²) in [5, 5.41) is 13.6. The van der Waals surface area contributed by atoms with Crippen molar-refractivity contribution in [3.05, 3.63) is 10.1 Å². The molecule has 0 aliphatic heterocycles. The van der Waals surface area contributed by atoms with E-state index in [0.29, 0.717) is 0 Å². The van der Waals surface area contributed by atoms with Crippen LogP contribution in [0.1, 0.15) is 0 Å². The minimum Gasteiger partial charge on any atom is -0.344 e. The van der Waals surface area contributed by atoms with E-state index in [4.69, 9.17) is 34.6 Å². The summed E-state index contributed by atoms with van der Waals surface area (Å²) in [4.78, 5) is 29.9. The number of nitrogens with zero attached hydrogens (tertiary/aromatic N) is 1. The molecule has 0 aromatic carbocycles. The van der Waals surface area contributed by atoms with Crippen molar-refractivity contribution < 1.29 is 29.5 Å². The Morgan fingerprint density at radius 1 is 1.00 bits per heavy atom. The van der Waals surface area contributed by atoms with Crippen LogP contribution in [0.5, 0.6) is 0 Å². The van der Waals surface area contributed by atoms with E-state index in [0.717, 1.165) is 0 Å². The van der Waals surface area contributed by atoms with Gasteiger partial charge in [-0.05, 0) is 0 Å². The molecule has 0 radical (unpaired) electrons. The van der Waals surface area contributed by atoms with Gasteiger partial charge in [0, 0.05) is 0 Å². The van der Waals surface area contributed by atoms with Gasteiger partial charge in [0.15, 0.2) is 0 Å². The zero-order valence-electron chi connectivity index (χ0n) is 6.74. The Kier molecular flexibility index (Phi) is 53.1.